The molecule has 0 saturated heterocycles. The van der Waals surface area contributed by atoms with Gasteiger partial charge in [0.2, 0.25) is 0 Å². The van der Waals surface area contributed by atoms with Crippen LogP contribution >= 0.6 is 11.6 Å². The van der Waals surface area contributed by atoms with Gasteiger partial charge < -0.3 is 4.74 Å². The Bertz CT molecular complexity index is 280. The summed E-state index contributed by atoms with van der Waals surface area (Å²) < 4.78 is 5.68. The molecule has 0 aliphatic carbocycles. The lowest BCUT2D eigenvalue weighted by molar-refractivity contribution is 0.129. The zero-order valence-electron chi connectivity index (χ0n) is 8.17. The van der Waals surface area contributed by atoms with Crippen LogP contribution in [0.3, 0.4) is 0 Å². The van der Waals surface area contributed by atoms with Crippen molar-refractivity contribution in [3.05, 3.63) is 24.0 Å². The van der Waals surface area contributed by atoms with Gasteiger partial charge in [-0.15, -0.1) is 11.6 Å². The first kappa shape index (κ1) is 10.3. The SMILES string of the molecule is CC(C)(C)Oc1cnccc1CCl. The maximum absolute atomic E-state index is 5.75. The number of nitrogens with zero attached hydrogens (tertiary/aromatic N) is 1. The van der Waals surface area contributed by atoms with Crippen molar-refractivity contribution in [1.82, 2.24) is 4.98 Å². The van der Waals surface area contributed by atoms with Gasteiger partial charge in [-0.2, -0.15) is 0 Å². The first-order valence-electron chi connectivity index (χ1n) is 4.21. The summed E-state index contributed by atoms with van der Waals surface area (Å²) in [5, 5.41) is 0. The Morgan fingerprint density at radius 1 is 1.46 bits per heavy atom. The van der Waals surface area contributed by atoms with Crippen molar-refractivity contribution < 1.29 is 4.74 Å². The lowest BCUT2D eigenvalue weighted by Crippen LogP contribution is -2.23. The van der Waals surface area contributed by atoms with E-state index in [2.05, 4.69) is 4.98 Å². The Hall–Kier alpha value is -0.760. The van der Waals surface area contributed by atoms with E-state index >= 15 is 0 Å². The van der Waals surface area contributed by atoms with Crippen LogP contribution in [0.25, 0.3) is 0 Å². The molecule has 0 atom stereocenters. The van der Waals surface area contributed by atoms with E-state index in [0.29, 0.717) is 5.88 Å². The van der Waals surface area contributed by atoms with Gasteiger partial charge in [0.05, 0.1) is 12.1 Å². The molecule has 0 aliphatic heterocycles. The van der Waals surface area contributed by atoms with E-state index in [0.717, 1.165) is 11.3 Å². The van der Waals surface area contributed by atoms with Crippen LogP contribution in [0.4, 0.5) is 0 Å². The second-order valence-corrected chi connectivity index (χ2v) is 4.10. The summed E-state index contributed by atoms with van der Waals surface area (Å²) in [5.41, 5.74) is 0.774. The van der Waals surface area contributed by atoms with Gasteiger partial charge >= 0.3 is 0 Å². The predicted octanol–water partition coefficient (Wildman–Crippen LogP) is 3.00. The first-order valence-corrected chi connectivity index (χ1v) is 4.74. The lowest BCUT2D eigenvalue weighted by atomic mass is 10.2. The molecule has 13 heavy (non-hydrogen) atoms. The molecular weight excluding hydrogens is 186 g/mol. The van der Waals surface area contributed by atoms with E-state index < -0.39 is 0 Å². The fourth-order valence-corrected chi connectivity index (χ4v) is 1.16. The van der Waals surface area contributed by atoms with E-state index in [-0.39, 0.29) is 5.60 Å². The molecule has 0 bridgehead atoms. The number of pyridine rings is 1. The van der Waals surface area contributed by atoms with Gasteiger partial charge in [0.25, 0.3) is 0 Å². The number of hydrogen-bond donors (Lipinski definition) is 0. The lowest BCUT2D eigenvalue weighted by Gasteiger charge is -2.22. The number of rotatable bonds is 2. The van der Waals surface area contributed by atoms with Crippen LogP contribution in [0.1, 0.15) is 26.3 Å². The minimum Gasteiger partial charge on any atom is -0.486 e. The minimum absolute atomic E-state index is 0.205. The average molecular weight is 200 g/mol. The van der Waals surface area contributed by atoms with Crippen molar-refractivity contribution >= 4 is 11.6 Å². The summed E-state index contributed by atoms with van der Waals surface area (Å²) in [6.45, 7) is 5.99. The summed E-state index contributed by atoms with van der Waals surface area (Å²) in [5.74, 6) is 1.22. The maximum atomic E-state index is 5.75. The topological polar surface area (TPSA) is 22.1 Å². The molecule has 1 rings (SSSR count). The van der Waals surface area contributed by atoms with Gasteiger partial charge in [0.15, 0.2) is 0 Å². The number of hydrogen-bond acceptors (Lipinski definition) is 2. The van der Waals surface area contributed by atoms with E-state index in [9.17, 15) is 0 Å². The number of ether oxygens (including phenoxy) is 1. The highest BCUT2D eigenvalue weighted by atomic mass is 35.5. The molecule has 0 radical (unpaired) electrons. The number of halogens is 1. The number of alkyl halides is 1. The molecule has 0 unspecified atom stereocenters. The standard InChI is InChI=1S/C10H14ClNO/c1-10(2,3)13-9-7-12-5-4-8(9)6-11/h4-5,7H,6H2,1-3H3. The van der Waals surface area contributed by atoms with Gasteiger partial charge in [-0.05, 0) is 26.8 Å². The summed E-state index contributed by atoms with van der Waals surface area (Å²) in [6, 6.07) is 1.87. The predicted molar refractivity (Wildman–Crippen MR) is 54.2 cm³/mol. The van der Waals surface area contributed by atoms with Crippen LogP contribution < -0.4 is 4.74 Å². The van der Waals surface area contributed by atoms with Crippen molar-refractivity contribution in [3.63, 3.8) is 0 Å². The molecule has 0 fully saturated rings. The molecule has 0 N–H and O–H groups in total. The second kappa shape index (κ2) is 3.97. The van der Waals surface area contributed by atoms with Crippen molar-refractivity contribution in [1.29, 1.82) is 0 Å². The second-order valence-electron chi connectivity index (χ2n) is 3.83. The molecular formula is C10H14ClNO. The number of aromatic nitrogens is 1. The van der Waals surface area contributed by atoms with Gasteiger partial charge in [0.1, 0.15) is 11.4 Å². The summed E-state index contributed by atoms with van der Waals surface area (Å²) in [6.07, 6.45) is 3.41. The van der Waals surface area contributed by atoms with Crippen molar-refractivity contribution in [2.45, 2.75) is 32.3 Å². The molecule has 0 aromatic carbocycles. The monoisotopic (exact) mass is 199 g/mol. The Balaban J connectivity index is 2.87. The van der Waals surface area contributed by atoms with E-state index in [1.54, 1.807) is 12.4 Å². The van der Waals surface area contributed by atoms with Gasteiger partial charge in [-0.1, -0.05) is 0 Å². The molecule has 0 saturated carbocycles. The van der Waals surface area contributed by atoms with Crippen LogP contribution in [-0.4, -0.2) is 10.6 Å². The Labute approximate surface area is 83.9 Å². The summed E-state index contributed by atoms with van der Waals surface area (Å²) >= 11 is 5.75. The highest BCUT2D eigenvalue weighted by Gasteiger charge is 2.13. The molecule has 1 heterocycles. The smallest absolute Gasteiger partial charge is 0.142 e. The fraction of sp³-hybridized carbons (Fsp3) is 0.500. The Morgan fingerprint density at radius 2 is 2.15 bits per heavy atom. The molecule has 1 aromatic heterocycles. The van der Waals surface area contributed by atoms with E-state index in [1.165, 1.54) is 0 Å². The van der Waals surface area contributed by atoms with Crippen molar-refractivity contribution in [2.24, 2.45) is 0 Å². The highest BCUT2D eigenvalue weighted by Crippen LogP contribution is 2.22. The van der Waals surface area contributed by atoms with Crippen molar-refractivity contribution in [3.8, 4) is 5.75 Å². The third-order valence-electron chi connectivity index (χ3n) is 1.43. The van der Waals surface area contributed by atoms with Gasteiger partial charge in [-0.3, -0.25) is 4.98 Å². The molecule has 0 amide bonds. The normalized spacial score (nSPS) is 11.4. The highest BCUT2D eigenvalue weighted by molar-refractivity contribution is 6.17. The van der Waals surface area contributed by atoms with Crippen LogP contribution in [0.2, 0.25) is 0 Å². The van der Waals surface area contributed by atoms with E-state index in [4.69, 9.17) is 16.3 Å². The molecule has 0 aliphatic rings. The van der Waals surface area contributed by atoms with Crippen molar-refractivity contribution in [2.75, 3.05) is 0 Å². The fourth-order valence-electron chi connectivity index (χ4n) is 0.941. The quantitative estimate of drug-likeness (QED) is 0.684. The molecule has 2 nitrogen and oxygen atoms in total. The van der Waals surface area contributed by atoms with Crippen LogP contribution in [-0.2, 0) is 5.88 Å². The molecule has 0 spiro atoms. The Kier molecular flexibility index (Phi) is 3.15. The average Bonchev–Trinajstić information content (AvgIpc) is 2.02. The summed E-state index contributed by atoms with van der Waals surface area (Å²) in [7, 11) is 0. The minimum atomic E-state index is -0.205. The summed E-state index contributed by atoms with van der Waals surface area (Å²) in [4.78, 5) is 3.99. The largest absolute Gasteiger partial charge is 0.486 e. The van der Waals surface area contributed by atoms with Gasteiger partial charge in [-0.25, -0.2) is 0 Å². The third-order valence-corrected chi connectivity index (χ3v) is 1.72. The molecule has 1 aromatic rings. The van der Waals surface area contributed by atoms with Crippen LogP contribution in [0.15, 0.2) is 18.5 Å². The zero-order chi connectivity index (χ0) is 9.90. The Morgan fingerprint density at radius 3 is 2.69 bits per heavy atom. The zero-order valence-corrected chi connectivity index (χ0v) is 8.93. The first-order chi connectivity index (χ1) is 6.03. The molecule has 3 heteroatoms. The van der Waals surface area contributed by atoms with Crippen LogP contribution in [0.5, 0.6) is 5.75 Å². The molecule has 72 valence electrons. The van der Waals surface area contributed by atoms with Gasteiger partial charge in [0, 0.05) is 11.8 Å². The maximum Gasteiger partial charge on any atom is 0.142 e. The van der Waals surface area contributed by atoms with Crippen LogP contribution in [0, 0.1) is 0 Å². The van der Waals surface area contributed by atoms with E-state index in [1.807, 2.05) is 26.8 Å². The third kappa shape index (κ3) is 3.23.